The van der Waals surface area contributed by atoms with Gasteiger partial charge < -0.3 is 10.0 Å². The fourth-order valence-electron chi connectivity index (χ4n) is 2.29. The Morgan fingerprint density at radius 1 is 1.22 bits per heavy atom. The molecule has 0 aliphatic rings. The predicted octanol–water partition coefficient (Wildman–Crippen LogP) is 2.23. The number of hydrogen-bond acceptors (Lipinski definition) is 3. The summed E-state index contributed by atoms with van der Waals surface area (Å²) in [7, 11) is 1.50. The van der Waals surface area contributed by atoms with Crippen LogP contribution in [0.25, 0.3) is 0 Å². The van der Waals surface area contributed by atoms with Crippen molar-refractivity contribution in [2.45, 2.75) is 32.4 Å². The second-order valence-corrected chi connectivity index (χ2v) is 5.73. The largest absolute Gasteiger partial charge is 0.480 e. The van der Waals surface area contributed by atoms with Gasteiger partial charge in [0.05, 0.1) is 0 Å². The quantitative estimate of drug-likeness (QED) is 0.887. The topological polar surface area (TPSA) is 75.4 Å². The third-order valence-corrected chi connectivity index (χ3v) is 3.70. The van der Waals surface area contributed by atoms with E-state index in [2.05, 4.69) is 5.10 Å². The van der Waals surface area contributed by atoms with Crippen LogP contribution in [0.1, 0.15) is 35.9 Å². The molecule has 1 aromatic carbocycles. The Bertz CT molecular complexity index is 679. The second kappa shape index (κ2) is 7.09. The van der Waals surface area contributed by atoms with E-state index in [0.29, 0.717) is 0 Å². The van der Waals surface area contributed by atoms with Gasteiger partial charge in [-0.05, 0) is 25.5 Å². The van der Waals surface area contributed by atoms with Crippen molar-refractivity contribution < 1.29 is 14.7 Å². The molecule has 1 N–H and O–H groups in total. The highest BCUT2D eigenvalue weighted by Gasteiger charge is 2.28. The lowest BCUT2D eigenvalue weighted by molar-refractivity contribution is -0.141. The summed E-state index contributed by atoms with van der Waals surface area (Å²) in [5.41, 5.74) is 1.12. The number of carboxylic acids is 1. The maximum absolute atomic E-state index is 12.5. The second-order valence-electron chi connectivity index (χ2n) is 5.73. The Labute approximate surface area is 135 Å². The molecule has 0 saturated carbocycles. The number of likely N-dealkylation sites (N-methyl/N-ethyl adjacent to an activating group) is 1. The molecule has 0 aliphatic heterocycles. The van der Waals surface area contributed by atoms with Crippen molar-refractivity contribution in [3.05, 3.63) is 53.9 Å². The van der Waals surface area contributed by atoms with Gasteiger partial charge in [-0.2, -0.15) is 5.10 Å². The minimum absolute atomic E-state index is 0.140. The Hall–Kier alpha value is -2.63. The molecule has 2 rings (SSSR count). The van der Waals surface area contributed by atoms with Crippen LogP contribution in [-0.4, -0.2) is 44.8 Å². The van der Waals surface area contributed by atoms with Crippen LogP contribution < -0.4 is 0 Å². The van der Waals surface area contributed by atoms with Crippen molar-refractivity contribution in [2.24, 2.45) is 0 Å². The highest BCUT2D eigenvalue weighted by Crippen LogP contribution is 2.12. The third-order valence-electron chi connectivity index (χ3n) is 3.70. The van der Waals surface area contributed by atoms with Crippen molar-refractivity contribution in [1.29, 1.82) is 0 Å². The lowest BCUT2D eigenvalue weighted by Crippen LogP contribution is -2.44. The molecule has 23 heavy (non-hydrogen) atoms. The van der Waals surface area contributed by atoms with Gasteiger partial charge in [0.1, 0.15) is 11.7 Å². The van der Waals surface area contributed by atoms with Gasteiger partial charge in [0.15, 0.2) is 0 Å². The van der Waals surface area contributed by atoms with Crippen LogP contribution in [0, 0.1) is 0 Å². The summed E-state index contributed by atoms with van der Waals surface area (Å²) in [5.74, 6) is -1.43. The van der Waals surface area contributed by atoms with Gasteiger partial charge in [-0.15, -0.1) is 0 Å². The van der Waals surface area contributed by atoms with Crippen LogP contribution >= 0.6 is 0 Å². The highest BCUT2D eigenvalue weighted by molar-refractivity contribution is 5.94. The van der Waals surface area contributed by atoms with Gasteiger partial charge in [-0.25, -0.2) is 4.79 Å². The number of rotatable bonds is 6. The molecule has 1 aromatic heterocycles. The SMILES string of the molecule is CC(C)n1ccc(C(=O)N(C)C(Cc2ccccc2)C(=O)O)n1. The molecular formula is C17H21N3O3. The van der Waals surface area contributed by atoms with Crippen LogP contribution in [0.3, 0.4) is 0 Å². The summed E-state index contributed by atoms with van der Waals surface area (Å²) in [4.78, 5) is 25.3. The van der Waals surface area contributed by atoms with E-state index in [9.17, 15) is 14.7 Å². The van der Waals surface area contributed by atoms with Gasteiger partial charge in [-0.3, -0.25) is 9.48 Å². The minimum Gasteiger partial charge on any atom is -0.480 e. The summed E-state index contributed by atoms with van der Waals surface area (Å²) in [6.45, 7) is 3.92. The first-order valence-corrected chi connectivity index (χ1v) is 7.49. The molecule has 0 spiro atoms. The fraction of sp³-hybridized carbons (Fsp3) is 0.353. The Kier molecular flexibility index (Phi) is 5.16. The average Bonchev–Trinajstić information content (AvgIpc) is 3.02. The van der Waals surface area contributed by atoms with E-state index in [4.69, 9.17) is 0 Å². The van der Waals surface area contributed by atoms with Crippen molar-refractivity contribution in [1.82, 2.24) is 14.7 Å². The number of aliphatic carboxylic acids is 1. The monoisotopic (exact) mass is 315 g/mol. The van der Waals surface area contributed by atoms with Crippen molar-refractivity contribution >= 4 is 11.9 Å². The van der Waals surface area contributed by atoms with E-state index in [-0.39, 0.29) is 18.2 Å². The van der Waals surface area contributed by atoms with E-state index in [1.807, 2.05) is 44.2 Å². The number of aromatic nitrogens is 2. The predicted molar refractivity (Wildman–Crippen MR) is 86.3 cm³/mol. The summed E-state index contributed by atoms with van der Waals surface area (Å²) >= 11 is 0. The van der Waals surface area contributed by atoms with E-state index < -0.39 is 17.9 Å². The number of carbonyl (C=O) groups excluding carboxylic acids is 1. The molecule has 6 nitrogen and oxygen atoms in total. The summed E-state index contributed by atoms with van der Waals surface area (Å²) in [5, 5.41) is 13.7. The van der Waals surface area contributed by atoms with E-state index >= 15 is 0 Å². The molecule has 0 fully saturated rings. The zero-order valence-electron chi connectivity index (χ0n) is 13.5. The molecule has 0 aliphatic carbocycles. The van der Waals surface area contributed by atoms with Crippen LogP contribution in [0.5, 0.6) is 0 Å². The number of hydrogen-bond donors (Lipinski definition) is 1. The van der Waals surface area contributed by atoms with Crippen molar-refractivity contribution in [2.75, 3.05) is 7.05 Å². The molecule has 1 amide bonds. The molecule has 0 saturated heterocycles. The van der Waals surface area contributed by atoms with E-state index in [1.165, 1.54) is 11.9 Å². The van der Waals surface area contributed by atoms with Crippen LogP contribution in [0.15, 0.2) is 42.6 Å². The van der Waals surface area contributed by atoms with Gasteiger partial charge in [0.25, 0.3) is 5.91 Å². The van der Waals surface area contributed by atoms with E-state index in [1.54, 1.807) is 16.9 Å². The molecule has 2 aromatic rings. The lowest BCUT2D eigenvalue weighted by atomic mass is 10.0. The summed E-state index contributed by atoms with van der Waals surface area (Å²) < 4.78 is 1.67. The molecule has 6 heteroatoms. The van der Waals surface area contributed by atoms with Gasteiger partial charge >= 0.3 is 5.97 Å². The molecule has 1 atom stereocenters. The maximum atomic E-state index is 12.5. The molecule has 0 radical (unpaired) electrons. The maximum Gasteiger partial charge on any atom is 0.326 e. The smallest absolute Gasteiger partial charge is 0.326 e. The van der Waals surface area contributed by atoms with Crippen LogP contribution in [-0.2, 0) is 11.2 Å². The molecule has 122 valence electrons. The van der Waals surface area contributed by atoms with Crippen molar-refractivity contribution in [3.63, 3.8) is 0 Å². The number of nitrogens with zero attached hydrogens (tertiary/aromatic N) is 3. The first-order chi connectivity index (χ1) is 10.9. The highest BCUT2D eigenvalue weighted by atomic mass is 16.4. The number of benzene rings is 1. The third kappa shape index (κ3) is 3.97. The lowest BCUT2D eigenvalue weighted by Gasteiger charge is -2.24. The van der Waals surface area contributed by atoms with Crippen molar-refractivity contribution in [3.8, 4) is 0 Å². The standard InChI is InChI=1S/C17H21N3O3/c1-12(2)20-10-9-14(18-20)16(21)19(3)15(17(22)23)11-13-7-5-4-6-8-13/h4-10,12,15H,11H2,1-3H3,(H,22,23). The first kappa shape index (κ1) is 16.7. The van der Waals surface area contributed by atoms with Gasteiger partial charge in [0.2, 0.25) is 0 Å². The number of amides is 1. The number of carboxylic acid groups (broad SMARTS) is 1. The molecule has 0 bridgehead atoms. The average molecular weight is 315 g/mol. The number of carbonyl (C=O) groups is 2. The molecule has 1 unspecified atom stereocenters. The Morgan fingerprint density at radius 2 is 1.87 bits per heavy atom. The summed E-state index contributed by atoms with van der Waals surface area (Å²) in [6, 6.07) is 10.1. The Morgan fingerprint density at radius 3 is 2.39 bits per heavy atom. The zero-order valence-corrected chi connectivity index (χ0v) is 13.5. The fourth-order valence-corrected chi connectivity index (χ4v) is 2.29. The Balaban J connectivity index is 2.17. The van der Waals surface area contributed by atoms with Gasteiger partial charge in [-0.1, -0.05) is 30.3 Å². The molecular weight excluding hydrogens is 294 g/mol. The van der Waals surface area contributed by atoms with Crippen LogP contribution in [0.2, 0.25) is 0 Å². The first-order valence-electron chi connectivity index (χ1n) is 7.49. The summed E-state index contributed by atoms with van der Waals surface area (Å²) in [6.07, 6.45) is 1.97. The van der Waals surface area contributed by atoms with E-state index in [0.717, 1.165) is 5.56 Å². The minimum atomic E-state index is -1.03. The van der Waals surface area contributed by atoms with Crippen LogP contribution in [0.4, 0.5) is 0 Å². The molecule has 1 heterocycles. The zero-order chi connectivity index (χ0) is 17.0. The van der Waals surface area contributed by atoms with Gasteiger partial charge in [0, 0.05) is 25.7 Å². The normalized spacial score (nSPS) is 12.2.